The number of nitrogens with zero attached hydrogens (tertiary/aromatic N) is 2. The van der Waals surface area contributed by atoms with Crippen molar-refractivity contribution in [3.8, 4) is 0 Å². The fourth-order valence-corrected chi connectivity index (χ4v) is 5.03. The molecule has 4 rings (SSSR count). The normalized spacial score (nSPS) is 25.4. The van der Waals surface area contributed by atoms with Crippen LogP contribution in [0.5, 0.6) is 0 Å². The molecule has 0 bridgehead atoms. The zero-order valence-electron chi connectivity index (χ0n) is 16.6. The van der Waals surface area contributed by atoms with E-state index in [1.807, 2.05) is 30.3 Å². The summed E-state index contributed by atoms with van der Waals surface area (Å²) in [7, 11) is 0. The van der Waals surface area contributed by atoms with Crippen molar-refractivity contribution in [3.05, 3.63) is 64.6 Å². The minimum atomic E-state index is -0.442. The molecule has 0 radical (unpaired) electrons. The van der Waals surface area contributed by atoms with E-state index in [1.54, 1.807) is 0 Å². The highest BCUT2D eigenvalue weighted by molar-refractivity contribution is 9.10. The minimum Gasteiger partial charge on any atom is -0.390 e. The average Bonchev–Trinajstić information content (AvgIpc) is 3.11. The first-order chi connectivity index (χ1) is 14.0. The highest BCUT2D eigenvalue weighted by atomic mass is 79.9. The third kappa shape index (κ3) is 4.72. The standard InChI is InChI=1S/C23H28BrN3O2/c24-19-7-9-20(10-8-19)25-22(29)17-26-14-12-23(21(28)16-26)11-4-13-27(23)15-18-5-2-1-3-6-18/h1-3,5-10,21,28H,4,11-17H2,(H,25,29)/t21-,23-/m0/s1. The van der Waals surface area contributed by atoms with E-state index in [4.69, 9.17) is 0 Å². The largest absolute Gasteiger partial charge is 0.390 e. The number of piperidine rings is 1. The molecule has 2 aliphatic heterocycles. The van der Waals surface area contributed by atoms with E-state index < -0.39 is 6.10 Å². The molecule has 0 aliphatic carbocycles. The van der Waals surface area contributed by atoms with Crippen molar-refractivity contribution in [1.29, 1.82) is 0 Å². The maximum Gasteiger partial charge on any atom is 0.238 e. The number of rotatable bonds is 5. The van der Waals surface area contributed by atoms with Crippen molar-refractivity contribution >= 4 is 27.5 Å². The summed E-state index contributed by atoms with van der Waals surface area (Å²) in [5.74, 6) is -0.0389. The lowest BCUT2D eigenvalue weighted by Gasteiger charge is -2.48. The van der Waals surface area contributed by atoms with E-state index in [2.05, 4.69) is 55.3 Å². The Labute approximate surface area is 180 Å². The number of amides is 1. The van der Waals surface area contributed by atoms with E-state index in [1.165, 1.54) is 5.56 Å². The van der Waals surface area contributed by atoms with E-state index >= 15 is 0 Å². The zero-order valence-corrected chi connectivity index (χ0v) is 18.1. The molecule has 2 atom stereocenters. The number of carbonyl (C=O) groups excluding carboxylic acids is 1. The van der Waals surface area contributed by atoms with Gasteiger partial charge in [-0.25, -0.2) is 0 Å². The molecule has 2 heterocycles. The quantitative estimate of drug-likeness (QED) is 0.721. The molecular formula is C23H28BrN3O2. The molecule has 29 heavy (non-hydrogen) atoms. The Balaban J connectivity index is 1.34. The smallest absolute Gasteiger partial charge is 0.238 e. The monoisotopic (exact) mass is 457 g/mol. The summed E-state index contributed by atoms with van der Waals surface area (Å²) >= 11 is 3.40. The maximum atomic E-state index is 12.4. The van der Waals surface area contributed by atoms with Gasteiger partial charge in [-0.2, -0.15) is 0 Å². The molecule has 2 aliphatic rings. The van der Waals surface area contributed by atoms with Gasteiger partial charge in [0.1, 0.15) is 0 Å². The summed E-state index contributed by atoms with van der Waals surface area (Å²) in [6, 6.07) is 18.1. The Kier molecular flexibility index (Phi) is 6.35. The lowest BCUT2D eigenvalue weighted by atomic mass is 9.82. The Morgan fingerprint density at radius 1 is 1.10 bits per heavy atom. The van der Waals surface area contributed by atoms with Crippen LogP contribution in [0.1, 0.15) is 24.8 Å². The summed E-state index contributed by atoms with van der Waals surface area (Å²) < 4.78 is 0.983. The number of likely N-dealkylation sites (tertiary alicyclic amines) is 2. The number of nitrogens with one attached hydrogen (secondary N) is 1. The summed E-state index contributed by atoms with van der Waals surface area (Å²) in [6.45, 7) is 3.58. The molecule has 0 saturated carbocycles. The van der Waals surface area contributed by atoms with Crippen LogP contribution < -0.4 is 5.32 Å². The van der Waals surface area contributed by atoms with E-state index in [0.29, 0.717) is 13.1 Å². The third-order valence-corrected chi connectivity index (χ3v) is 6.82. The zero-order chi connectivity index (χ0) is 20.3. The van der Waals surface area contributed by atoms with Gasteiger partial charge in [0, 0.05) is 35.3 Å². The van der Waals surface area contributed by atoms with Crippen molar-refractivity contribution < 1.29 is 9.90 Å². The van der Waals surface area contributed by atoms with Crippen LogP contribution in [0, 0.1) is 0 Å². The van der Waals surface area contributed by atoms with Crippen molar-refractivity contribution in [2.75, 3.05) is 31.5 Å². The van der Waals surface area contributed by atoms with Gasteiger partial charge in [-0.3, -0.25) is 14.6 Å². The van der Waals surface area contributed by atoms with Gasteiger partial charge in [0.25, 0.3) is 0 Å². The second-order valence-electron chi connectivity index (χ2n) is 8.17. The molecule has 2 aromatic carbocycles. The van der Waals surface area contributed by atoms with Crippen molar-refractivity contribution in [3.63, 3.8) is 0 Å². The fraction of sp³-hybridized carbons (Fsp3) is 0.435. The Morgan fingerprint density at radius 3 is 2.59 bits per heavy atom. The highest BCUT2D eigenvalue weighted by Crippen LogP contribution is 2.39. The molecule has 5 nitrogen and oxygen atoms in total. The third-order valence-electron chi connectivity index (χ3n) is 6.29. The Bertz CT molecular complexity index is 830. The van der Waals surface area contributed by atoms with Crippen LogP contribution in [-0.4, -0.2) is 58.6 Å². The van der Waals surface area contributed by atoms with Gasteiger partial charge >= 0.3 is 0 Å². The number of anilines is 1. The van der Waals surface area contributed by atoms with Gasteiger partial charge in [0.15, 0.2) is 0 Å². The molecule has 1 spiro atoms. The molecule has 6 heteroatoms. The van der Waals surface area contributed by atoms with Gasteiger partial charge in [-0.05, 0) is 55.6 Å². The van der Waals surface area contributed by atoms with Crippen LogP contribution in [-0.2, 0) is 11.3 Å². The molecule has 0 unspecified atom stereocenters. The van der Waals surface area contributed by atoms with Crippen LogP contribution >= 0.6 is 15.9 Å². The number of hydrogen-bond donors (Lipinski definition) is 2. The summed E-state index contributed by atoms with van der Waals surface area (Å²) in [4.78, 5) is 17.0. The molecule has 0 aromatic heterocycles. The first kappa shape index (κ1) is 20.5. The number of aliphatic hydroxyl groups is 1. The first-order valence-corrected chi connectivity index (χ1v) is 11.1. The Morgan fingerprint density at radius 2 is 1.86 bits per heavy atom. The van der Waals surface area contributed by atoms with Gasteiger partial charge < -0.3 is 10.4 Å². The second-order valence-corrected chi connectivity index (χ2v) is 9.09. The Hall–Kier alpha value is -1.73. The van der Waals surface area contributed by atoms with Crippen molar-refractivity contribution in [2.45, 2.75) is 37.5 Å². The van der Waals surface area contributed by atoms with Gasteiger partial charge in [0.05, 0.1) is 12.6 Å². The molecule has 2 aromatic rings. The van der Waals surface area contributed by atoms with Crippen molar-refractivity contribution in [2.24, 2.45) is 0 Å². The van der Waals surface area contributed by atoms with Crippen LogP contribution in [0.15, 0.2) is 59.1 Å². The van der Waals surface area contributed by atoms with Crippen LogP contribution in [0.25, 0.3) is 0 Å². The van der Waals surface area contributed by atoms with Gasteiger partial charge in [-0.15, -0.1) is 0 Å². The summed E-state index contributed by atoms with van der Waals surface area (Å²) in [5, 5.41) is 14.0. The molecule has 2 saturated heterocycles. The number of carbonyl (C=O) groups is 1. The van der Waals surface area contributed by atoms with E-state index in [9.17, 15) is 9.90 Å². The topological polar surface area (TPSA) is 55.8 Å². The second kappa shape index (κ2) is 8.96. The summed E-state index contributed by atoms with van der Waals surface area (Å²) in [5.41, 5.74) is 1.92. The molecule has 2 N–H and O–H groups in total. The number of halogens is 1. The lowest BCUT2D eigenvalue weighted by Crippen LogP contribution is -2.61. The predicted octanol–water partition coefficient (Wildman–Crippen LogP) is 3.49. The van der Waals surface area contributed by atoms with Crippen molar-refractivity contribution in [1.82, 2.24) is 9.80 Å². The molecule has 2 fully saturated rings. The first-order valence-electron chi connectivity index (χ1n) is 10.3. The van der Waals surface area contributed by atoms with Crippen LogP contribution in [0.3, 0.4) is 0 Å². The molecule has 154 valence electrons. The highest BCUT2D eigenvalue weighted by Gasteiger charge is 2.49. The average molecular weight is 458 g/mol. The SMILES string of the molecule is O=C(CN1CC[C@@]2(CCCN2Cc2ccccc2)[C@@H](O)C1)Nc1ccc(Br)cc1. The number of benzene rings is 2. The van der Waals surface area contributed by atoms with Gasteiger partial charge in [0.2, 0.25) is 5.91 Å². The lowest BCUT2D eigenvalue weighted by molar-refractivity contribution is -0.120. The molecule has 1 amide bonds. The van der Waals surface area contributed by atoms with Gasteiger partial charge in [-0.1, -0.05) is 46.3 Å². The summed E-state index contributed by atoms with van der Waals surface area (Å²) in [6.07, 6.45) is 2.60. The number of hydrogen-bond acceptors (Lipinski definition) is 4. The van der Waals surface area contributed by atoms with E-state index in [-0.39, 0.29) is 11.4 Å². The van der Waals surface area contributed by atoms with E-state index in [0.717, 1.165) is 49.1 Å². The molecular weight excluding hydrogens is 430 g/mol. The number of aliphatic hydroxyl groups excluding tert-OH is 1. The fourth-order valence-electron chi connectivity index (χ4n) is 4.76. The minimum absolute atomic E-state index is 0.0389. The predicted molar refractivity (Wildman–Crippen MR) is 119 cm³/mol. The maximum absolute atomic E-state index is 12.4. The van der Waals surface area contributed by atoms with Crippen LogP contribution in [0.2, 0.25) is 0 Å². The van der Waals surface area contributed by atoms with Crippen LogP contribution in [0.4, 0.5) is 5.69 Å². The number of β-amino-alcohol motifs (C(OH)–C–C–N with tert-alkyl or cyclic N) is 1.